The molecule has 1 fully saturated rings. The van der Waals surface area contributed by atoms with Gasteiger partial charge in [-0.1, -0.05) is 15.9 Å². The lowest BCUT2D eigenvalue weighted by molar-refractivity contribution is 0.343. The van der Waals surface area contributed by atoms with Crippen LogP contribution in [0.15, 0.2) is 22.7 Å². The summed E-state index contributed by atoms with van der Waals surface area (Å²) in [5, 5.41) is 3.39. The Balaban J connectivity index is 2.39. The number of benzene rings is 1. The van der Waals surface area contributed by atoms with E-state index in [0.29, 0.717) is 6.54 Å². The molecule has 1 aliphatic carbocycles. The van der Waals surface area contributed by atoms with E-state index in [2.05, 4.69) is 27.3 Å². The molecule has 1 atom stereocenters. The number of hydrogen-bond acceptors (Lipinski definition) is 3. The SMILES string of the molecule is CNC(c1cc(Br)ccc1OC)C1(CN)CC1. The van der Waals surface area contributed by atoms with Crippen LogP contribution in [0.4, 0.5) is 0 Å². The second-order valence-electron chi connectivity index (χ2n) is 4.67. The first-order valence-electron chi connectivity index (χ1n) is 5.87. The Labute approximate surface area is 111 Å². The molecule has 1 aromatic rings. The Bertz CT molecular complexity index is 404. The highest BCUT2D eigenvalue weighted by atomic mass is 79.9. The number of ether oxygens (including phenoxy) is 1. The number of halogens is 1. The number of rotatable bonds is 5. The lowest BCUT2D eigenvalue weighted by Crippen LogP contribution is -2.32. The van der Waals surface area contributed by atoms with E-state index in [1.807, 2.05) is 19.2 Å². The van der Waals surface area contributed by atoms with Gasteiger partial charge in [0.2, 0.25) is 0 Å². The first-order valence-corrected chi connectivity index (χ1v) is 6.67. The maximum atomic E-state index is 5.92. The molecule has 0 saturated heterocycles. The number of nitrogens with one attached hydrogen (secondary N) is 1. The van der Waals surface area contributed by atoms with E-state index in [-0.39, 0.29) is 11.5 Å². The van der Waals surface area contributed by atoms with E-state index in [1.54, 1.807) is 7.11 Å². The van der Waals surface area contributed by atoms with Crippen LogP contribution in [-0.4, -0.2) is 20.7 Å². The van der Waals surface area contributed by atoms with E-state index in [4.69, 9.17) is 10.5 Å². The zero-order chi connectivity index (χ0) is 12.5. The van der Waals surface area contributed by atoms with Gasteiger partial charge in [-0.3, -0.25) is 0 Å². The third-order valence-electron chi connectivity index (χ3n) is 3.70. The fourth-order valence-electron chi connectivity index (χ4n) is 2.49. The molecule has 0 spiro atoms. The highest BCUT2D eigenvalue weighted by molar-refractivity contribution is 9.10. The van der Waals surface area contributed by atoms with E-state index < -0.39 is 0 Å². The molecule has 0 radical (unpaired) electrons. The fraction of sp³-hybridized carbons (Fsp3) is 0.538. The van der Waals surface area contributed by atoms with Gasteiger partial charge < -0.3 is 15.8 Å². The highest BCUT2D eigenvalue weighted by Crippen LogP contribution is 2.55. The quantitative estimate of drug-likeness (QED) is 0.878. The minimum absolute atomic E-state index is 0.211. The molecule has 94 valence electrons. The summed E-state index contributed by atoms with van der Waals surface area (Å²) in [6.45, 7) is 0.716. The zero-order valence-corrected chi connectivity index (χ0v) is 11.9. The molecular weight excluding hydrogens is 280 g/mol. The standard InChI is InChI=1S/C13H19BrN2O/c1-16-12(13(8-15)5-6-13)10-7-9(14)3-4-11(10)17-2/h3-4,7,12,16H,5-6,8,15H2,1-2H3. The van der Waals surface area contributed by atoms with Crippen molar-refractivity contribution in [1.82, 2.24) is 5.32 Å². The molecule has 17 heavy (non-hydrogen) atoms. The lowest BCUT2D eigenvalue weighted by atomic mass is 9.89. The van der Waals surface area contributed by atoms with Crippen LogP contribution in [-0.2, 0) is 0 Å². The third kappa shape index (κ3) is 2.34. The second-order valence-corrected chi connectivity index (χ2v) is 5.59. The van der Waals surface area contributed by atoms with E-state index in [0.717, 1.165) is 10.2 Å². The molecule has 1 unspecified atom stereocenters. The molecule has 1 saturated carbocycles. The summed E-state index contributed by atoms with van der Waals surface area (Å²) in [5.74, 6) is 0.923. The molecule has 3 N–H and O–H groups in total. The Morgan fingerprint density at radius 2 is 2.24 bits per heavy atom. The van der Waals surface area contributed by atoms with E-state index >= 15 is 0 Å². The molecule has 0 aromatic heterocycles. The van der Waals surface area contributed by atoms with Gasteiger partial charge in [0.15, 0.2) is 0 Å². The van der Waals surface area contributed by atoms with Crippen LogP contribution in [0.2, 0.25) is 0 Å². The van der Waals surface area contributed by atoms with Crippen molar-refractivity contribution in [2.24, 2.45) is 11.1 Å². The van der Waals surface area contributed by atoms with E-state index in [9.17, 15) is 0 Å². The molecule has 3 nitrogen and oxygen atoms in total. The maximum absolute atomic E-state index is 5.92. The van der Waals surface area contributed by atoms with Crippen LogP contribution < -0.4 is 15.8 Å². The molecule has 0 aliphatic heterocycles. The summed E-state index contributed by atoms with van der Waals surface area (Å²) < 4.78 is 6.52. The number of methoxy groups -OCH3 is 1. The van der Waals surface area contributed by atoms with Crippen LogP contribution in [0.25, 0.3) is 0 Å². The van der Waals surface area contributed by atoms with Crippen molar-refractivity contribution in [2.45, 2.75) is 18.9 Å². The van der Waals surface area contributed by atoms with Gasteiger partial charge in [-0.05, 0) is 44.6 Å². The summed E-state index contributed by atoms with van der Waals surface area (Å²) in [6, 6.07) is 6.38. The molecule has 1 aromatic carbocycles. The van der Waals surface area contributed by atoms with Crippen molar-refractivity contribution in [3.63, 3.8) is 0 Å². The maximum Gasteiger partial charge on any atom is 0.123 e. The minimum Gasteiger partial charge on any atom is -0.496 e. The molecule has 4 heteroatoms. The van der Waals surface area contributed by atoms with Crippen LogP contribution in [0.5, 0.6) is 5.75 Å². The van der Waals surface area contributed by atoms with Crippen LogP contribution >= 0.6 is 15.9 Å². The average Bonchev–Trinajstić information content (AvgIpc) is 3.11. The Hall–Kier alpha value is -0.580. The Kier molecular flexibility index (Phi) is 3.76. The smallest absolute Gasteiger partial charge is 0.123 e. The fourth-order valence-corrected chi connectivity index (χ4v) is 2.87. The average molecular weight is 299 g/mol. The monoisotopic (exact) mass is 298 g/mol. The Morgan fingerprint density at radius 1 is 1.53 bits per heavy atom. The van der Waals surface area contributed by atoms with Crippen LogP contribution in [0.1, 0.15) is 24.4 Å². The summed E-state index contributed by atoms with van der Waals surface area (Å²) in [6.07, 6.45) is 2.37. The first-order chi connectivity index (χ1) is 8.16. The summed E-state index contributed by atoms with van der Waals surface area (Å²) in [4.78, 5) is 0. The van der Waals surface area contributed by atoms with Gasteiger partial charge in [-0.2, -0.15) is 0 Å². The molecule has 1 aliphatic rings. The molecule has 2 rings (SSSR count). The van der Waals surface area contributed by atoms with Gasteiger partial charge in [-0.25, -0.2) is 0 Å². The van der Waals surface area contributed by atoms with Crippen molar-refractivity contribution >= 4 is 15.9 Å². The van der Waals surface area contributed by atoms with E-state index in [1.165, 1.54) is 18.4 Å². The van der Waals surface area contributed by atoms with Gasteiger partial charge in [0.05, 0.1) is 7.11 Å². The van der Waals surface area contributed by atoms with Gasteiger partial charge in [-0.15, -0.1) is 0 Å². The predicted octanol–water partition coefficient (Wildman–Crippen LogP) is 2.46. The highest BCUT2D eigenvalue weighted by Gasteiger charge is 2.48. The van der Waals surface area contributed by atoms with Crippen LogP contribution in [0.3, 0.4) is 0 Å². The van der Waals surface area contributed by atoms with Crippen molar-refractivity contribution in [2.75, 3.05) is 20.7 Å². The van der Waals surface area contributed by atoms with Gasteiger partial charge in [0, 0.05) is 21.5 Å². The largest absolute Gasteiger partial charge is 0.496 e. The minimum atomic E-state index is 0.211. The predicted molar refractivity (Wildman–Crippen MR) is 73.2 cm³/mol. The topological polar surface area (TPSA) is 47.3 Å². The molecule has 0 amide bonds. The first kappa shape index (κ1) is 12.9. The van der Waals surface area contributed by atoms with Crippen molar-refractivity contribution in [3.05, 3.63) is 28.2 Å². The van der Waals surface area contributed by atoms with Crippen molar-refractivity contribution in [1.29, 1.82) is 0 Å². The van der Waals surface area contributed by atoms with Gasteiger partial charge in [0.25, 0.3) is 0 Å². The van der Waals surface area contributed by atoms with Crippen molar-refractivity contribution < 1.29 is 4.74 Å². The normalized spacial score (nSPS) is 18.8. The lowest BCUT2D eigenvalue weighted by Gasteiger charge is -2.27. The number of nitrogens with two attached hydrogens (primary N) is 1. The third-order valence-corrected chi connectivity index (χ3v) is 4.20. The van der Waals surface area contributed by atoms with Crippen molar-refractivity contribution in [3.8, 4) is 5.75 Å². The van der Waals surface area contributed by atoms with Gasteiger partial charge in [0.1, 0.15) is 5.75 Å². The molecule has 0 bridgehead atoms. The summed E-state index contributed by atoms with van der Waals surface area (Å²) >= 11 is 3.52. The Morgan fingerprint density at radius 3 is 2.71 bits per heavy atom. The second kappa shape index (κ2) is 4.96. The van der Waals surface area contributed by atoms with Gasteiger partial charge >= 0.3 is 0 Å². The summed E-state index contributed by atoms with van der Waals surface area (Å²) in [5.41, 5.74) is 7.32. The molecule has 0 heterocycles. The molecular formula is C13H19BrN2O. The number of hydrogen-bond donors (Lipinski definition) is 2. The van der Waals surface area contributed by atoms with Crippen LogP contribution in [0, 0.1) is 5.41 Å². The summed E-state index contributed by atoms with van der Waals surface area (Å²) in [7, 11) is 3.70. The zero-order valence-electron chi connectivity index (χ0n) is 10.3.